The quantitative estimate of drug-likeness (QED) is 0.313. The van der Waals surface area contributed by atoms with Crippen molar-refractivity contribution in [2.45, 2.75) is 46.5 Å². The predicted octanol–water partition coefficient (Wildman–Crippen LogP) is 8.17. The van der Waals surface area contributed by atoms with Gasteiger partial charge in [0.15, 0.2) is 0 Å². The highest BCUT2D eigenvalue weighted by Crippen LogP contribution is 2.33. The smallest absolute Gasteiger partial charge is 0.0930 e. The Morgan fingerprint density at radius 2 is 1.69 bits per heavy atom. The van der Waals surface area contributed by atoms with Gasteiger partial charge in [0.25, 0.3) is 0 Å². The van der Waals surface area contributed by atoms with Gasteiger partial charge in [0, 0.05) is 23.5 Å². The van der Waals surface area contributed by atoms with Crippen molar-refractivity contribution in [2.24, 2.45) is 0 Å². The molecule has 32 heavy (non-hydrogen) atoms. The summed E-state index contributed by atoms with van der Waals surface area (Å²) in [6.07, 6.45) is 8.03. The van der Waals surface area contributed by atoms with Crippen molar-refractivity contribution < 1.29 is 0 Å². The van der Waals surface area contributed by atoms with Crippen molar-refractivity contribution in [1.82, 2.24) is 14.8 Å². The van der Waals surface area contributed by atoms with Gasteiger partial charge in [-0.3, -0.25) is 4.98 Å². The molecule has 2 heterocycles. The van der Waals surface area contributed by atoms with E-state index in [9.17, 15) is 0 Å². The van der Waals surface area contributed by atoms with Crippen LogP contribution in [-0.2, 0) is 0 Å². The van der Waals surface area contributed by atoms with Crippen molar-refractivity contribution >= 4 is 6.08 Å². The maximum atomic E-state index is 4.89. The molecule has 0 saturated carbocycles. The van der Waals surface area contributed by atoms with Crippen LogP contribution in [0.4, 0.5) is 0 Å². The van der Waals surface area contributed by atoms with Crippen molar-refractivity contribution in [3.05, 3.63) is 96.8 Å². The second-order valence-corrected chi connectivity index (χ2v) is 7.97. The van der Waals surface area contributed by atoms with Gasteiger partial charge in [-0.2, -0.15) is 5.10 Å². The fraction of sp³-hybridized carbons (Fsp3) is 0.241. The Hall–Kier alpha value is -3.46. The lowest BCUT2D eigenvalue weighted by Crippen LogP contribution is -1.99. The van der Waals surface area contributed by atoms with E-state index in [0.29, 0.717) is 5.92 Å². The number of aromatic nitrogens is 3. The molecule has 164 valence electrons. The second-order valence-electron chi connectivity index (χ2n) is 7.97. The van der Waals surface area contributed by atoms with E-state index in [1.807, 2.05) is 41.4 Å². The number of hydrogen-bond donors (Lipinski definition) is 0. The molecule has 0 aliphatic carbocycles. The molecule has 0 N–H and O–H groups in total. The molecule has 0 aliphatic rings. The number of rotatable bonds is 6. The van der Waals surface area contributed by atoms with Crippen LogP contribution in [0.5, 0.6) is 0 Å². The third-order valence-electron chi connectivity index (χ3n) is 5.42. The summed E-state index contributed by atoms with van der Waals surface area (Å²) in [7, 11) is 0. The predicted molar refractivity (Wildman–Crippen MR) is 137 cm³/mol. The molecule has 0 radical (unpaired) electrons. The molecule has 2 aromatic heterocycles. The summed E-state index contributed by atoms with van der Waals surface area (Å²) < 4.78 is 1.93. The molecule has 1 atom stereocenters. The highest BCUT2D eigenvalue weighted by atomic mass is 15.3. The minimum atomic E-state index is 0.458. The lowest BCUT2D eigenvalue weighted by molar-refractivity contribution is 0.734. The minimum absolute atomic E-state index is 0.458. The van der Waals surface area contributed by atoms with Crippen molar-refractivity contribution in [3.8, 4) is 28.2 Å². The van der Waals surface area contributed by atoms with Crippen LogP contribution in [0, 0.1) is 0 Å². The Bertz CT molecular complexity index is 1120. The zero-order chi connectivity index (χ0) is 22.9. The minimum Gasteiger partial charge on any atom is -0.256 e. The fourth-order valence-corrected chi connectivity index (χ4v) is 3.50. The van der Waals surface area contributed by atoms with Gasteiger partial charge in [0.05, 0.1) is 17.1 Å². The molecule has 0 spiro atoms. The Morgan fingerprint density at radius 3 is 2.31 bits per heavy atom. The SMILES string of the molecule is C=Cc1ccc(-n2ccc(-c3cc(-c4ccccn4)ccc3C(C)CC)n2)cc1.CCC. The number of pyridine rings is 1. The van der Waals surface area contributed by atoms with Crippen molar-refractivity contribution in [2.75, 3.05) is 0 Å². The van der Waals surface area contributed by atoms with E-state index in [-0.39, 0.29) is 0 Å². The van der Waals surface area contributed by atoms with Crippen molar-refractivity contribution in [3.63, 3.8) is 0 Å². The summed E-state index contributed by atoms with van der Waals surface area (Å²) in [6, 6.07) is 22.9. The monoisotopic (exact) mass is 423 g/mol. The van der Waals surface area contributed by atoms with Gasteiger partial charge < -0.3 is 0 Å². The molecule has 0 amide bonds. The summed E-state index contributed by atoms with van der Waals surface area (Å²) in [5.74, 6) is 0.458. The molecule has 0 fully saturated rings. The van der Waals surface area contributed by atoms with Crippen LogP contribution in [-0.4, -0.2) is 14.8 Å². The van der Waals surface area contributed by atoms with Gasteiger partial charge in [-0.25, -0.2) is 4.68 Å². The lowest BCUT2D eigenvalue weighted by atomic mass is 9.90. The maximum absolute atomic E-state index is 4.89. The van der Waals surface area contributed by atoms with E-state index < -0.39 is 0 Å². The van der Waals surface area contributed by atoms with E-state index in [2.05, 4.69) is 87.8 Å². The largest absolute Gasteiger partial charge is 0.256 e. The number of benzene rings is 2. The van der Waals surface area contributed by atoms with E-state index >= 15 is 0 Å². The van der Waals surface area contributed by atoms with E-state index in [4.69, 9.17) is 5.10 Å². The first-order valence-electron chi connectivity index (χ1n) is 11.4. The van der Waals surface area contributed by atoms with Gasteiger partial charge in [0.1, 0.15) is 0 Å². The highest BCUT2D eigenvalue weighted by molar-refractivity contribution is 5.73. The van der Waals surface area contributed by atoms with Gasteiger partial charge in [0.2, 0.25) is 0 Å². The standard InChI is InChI=1S/C26H25N3.C3H8/c1-4-19(3)23-14-11-21(25-8-6-7-16-27-25)18-24(23)26-15-17-29(28-26)22-12-9-20(5-2)10-13-22;1-3-2/h5-19H,2,4H2,1,3H3;3H2,1-2H3. The number of nitrogens with zero attached hydrogens (tertiary/aromatic N) is 3. The van der Waals surface area contributed by atoms with Crippen LogP contribution in [0.2, 0.25) is 0 Å². The topological polar surface area (TPSA) is 30.7 Å². The van der Waals surface area contributed by atoms with Crippen LogP contribution in [0.15, 0.2) is 85.7 Å². The average molecular weight is 424 g/mol. The Balaban J connectivity index is 0.000000913. The van der Waals surface area contributed by atoms with E-state index in [0.717, 1.165) is 34.6 Å². The first-order valence-corrected chi connectivity index (χ1v) is 11.4. The molecule has 4 aromatic rings. The Kier molecular flexibility index (Phi) is 8.15. The Labute approximate surface area is 192 Å². The van der Waals surface area contributed by atoms with Crippen LogP contribution in [0.1, 0.15) is 57.6 Å². The molecule has 0 saturated heterocycles. The second kappa shape index (κ2) is 11.2. The zero-order valence-electron chi connectivity index (χ0n) is 19.6. The normalized spacial score (nSPS) is 11.4. The third kappa shape index (κ3) is 5.42. The van der Waals surface area contributed by atoms with Crippen LogP contribution in [0.25, 0.3) is 34.3 Å². The first-order chi connectivity index (χ1) is 15.6. The molecular weight excluding hydrogens is 390 g/mol. The summed E-state index contributed by atoms with van der Waals surface area (Å²) >= 11 is 0. The van der Waals surface area contributed by atoms with Crippen LogP contribution >= 0.6 is 0 Å². The molecule has 3 nitrogen and oxygen atoms in total. The zero-order valence-corrected chi connectivity index (χ0v) is 19.6. The average Bonchev–Trinajstić information content (AvgIpc) is 3.34. The van der Waals surface area contributed by atoms with Gasteiger partial charge in [-0.1, -0.05) is 77.1 Å². The van der Waals surface area contributed by atoms with E-state index in [1.54, 1.807) is 0 Å². The fourth-order valence-electron chi connectivity index (χ4n) is 3.50. The van der Waals surface area contributed by atoms with E-state index in [1.165, 1.54) is 17.5 Å². The Morgan fingerprint density at radius 1 is 0.938 bits per heavy atom. The van der Waals surface area contributed by atoms with Crippen LogP contribution in [0.3, 0.4) is 0 Å². The first kappa shape index (κ1) is 23.2. The van der Waals surface area contributed by atoms with Crippen molar-refractivity contribution in [1.29, 1.82) is 0 Å². The molecule has 0 aliphatic heterocycles. The summed E-state index contributed by atoms with van der Waals surface area (Å²) in [5.41, 5.74) is 7.69. The lowest BCUT2D eigenvalue weighted by Gasteiger charge is -2.15. The molecule has 1 unspecified atom stereocenters. The maximum Gasteiger partial charge on any atom is 0.0930 e. The van der Waals surface area contributed by atoms with Crippen LogP contribution < -0.4 is 0 Å². The molecule has 2 aromatic carbocycles. The summed E-state index contributed by atoms with van der Waals surface area (Å²) in [4.78, 5) is 4.51. The summed E-state index contributed by atoms with van der Waals surface area (Å²) in [5, 5.41) is 4.89. The third-order valence-corrected chi connectivity index (χ3v) is 5.42. The summed E-state index contributed by atoms with van der Waals surface area (Å²) in [6.45, 7) is 12.6. The molecule has 0 bridgehead atoms. The molecule has 4 rings (SSSR count). The highest BCUT2D eigenvalue weighted by Gasteiger charge is 2.15. The number of hydrogen-bond acceptors (Lipinski definition) is 2. The van der Waals surface area contributed by atoms with Gasteiger partial charge >= 0.3 is 0 Å². The molecular formula is C29H33N3. The molecule has 3 heteroatoms. The van der Waals surface area contributed by atoms with Gasteiger partial charge in [-0.05, 0) is 59.9 Å². The van der Waals surface area contributed by atoms with Gasteiger partial charge in [-0.15, -0.1) is 0 Å².